The standard InChI is InChI=1S/C15H18N6O4S/c22-14(9-20-11-16-10-17-20)18-19-15(23)12-3-5-13(6-4-12)26(24,25)21-7-1-2-8-21/h3-6,10-11H,1-2,7-9H2,(H,18,22)(H,19,23). The number of nitrogens with one attached hydrogen (secondary N) is 2. The van der Waals surface area contributed by atoms with Gasteiger partial charge in [-0.15, -0.1) is 0 Å². The van der Waals surface area contributed by atoms with Crippen molar-refractivity contribution < 1.29 is 18.0 Å². The van der Waals surface area contributed by atoms with Gasteiger partial charge in [-0.05, 0) is 37.1 Å². The van der Waals surface area contributed by atoms with Crippen LogP contribution in [-0.2, 0) is 21.4 Å². The van der Waals surface area contributed by atoms with Gasteiger partial charge in [-0.3, -0.25) is 20.4 Å². The molecule has 0 spiro atoms. The quantitative estimate of drug-likeness (QED) is 0.677. The summed E-state index contributed by atoms with van der Waals surface area (Å²) in [5, 5.41) is 3.78. The molecule has 26 heavy (non-hydrogen) atoms. The molecular weight excluding hydrogens is 360 g/mol. The first kappa shape index (κ1) is 18.0. The summed E-state index contributed by atoms with van der Waals surface area (Å²) in [4.78, 5) is 27.6. The SMILES string of the molecule is O=C(Cn1cncn1)NNC(=O)c1ccc(S(=O)(=O)N2CCCC2)cc1. The maximum atomic E-state index is 12.4. The normalized spacial score (nSPS) is 14.9. The molecule has 138 valence electrons. The molecule has 0 saturated carbocycles. The molecule has 1 aliphatic rings. The summed E-state index contributed by atoms with van der Waals surface area (Å²) in [6.07, 6.45) is 4.38. The average Bonchev–Trinajstić information content (AvgIpc) is 3.34. The summed E-state index contributed by atoms with van der Waals surface area (Å²) < 4.78 is 27.6. The highest BCUT2D eigenvalue weighted by atomic mass is 32.2. The number of hydrazine groups is 1. The summed E-state index contributed by atoms with van der Waals surface area (Å²) in [6.45, 7) is 0.943. The second kappa shape index (κ2) is 7.62. The highest BCUT2D eigenvalue weighted by molar-refractivity contribution is 7.89. The van der Waals surface area contributed by atoms with Crippen molar-refractivity contribution in [1.29, 1.82) is 0 Å². The molecule has 0 aliphatic carbocycles. The van der Waals surface area contributed by atoms with Crippen molar-refractivity contribution in [3.05, 3.63) is 42.5 Å². The number of hydrogen-bond acceptors (Lipinski definition) is 6. The van der Waals surface area contributed by atoms with Gasteiger partial charge in [0.2, 0.25) is 10.0 Å². The third-order valence-electron chi connectivity index (χ3n) is 3.91. The maximum Gasteiger partial charge on any atom is 0.269 e. The highest BCUT2D eigenvalue weighted by Crippen LogP contribution is 2.20. The van der Waals surface area contributed by atoms with Crippen LogP contribution in [0.15, 0.2) is 41.8 Å². The molecule has 0 unspecified atom stereocenters. The van der Waals surface area contributed by atoms with E-state index >= 15 is 0 Å². The Morgan fingerprint density at radius 2 is 1.77 bits per heavy atom. The Bertz CT molecular complexity index is 873. The van der Waals surface area contributed by atoms with E-state index in [0.717, 1.165) is 12.8 Å². The first-order valence-electron chi connectivity index (χ1n) is 7.98. The van der Waals surface area contributed by atoms with Gasteiger partial charge in [0.25, 0.3) is 11.8 Å². The van der Waals surface area contributed by atoms with Crippen LogP contribution < -0.4 is 10.9 Å². The Hall–Kier alpha value is -2.79. The van der Waals surface area contributed by atoms with Gasteiger partial charge < -0.3 is 0 Å². The predicted molar refractivity (Wildman–Crippen MR) is 90.1 cm³/mol. The molecule has 11 heteroatoms. The average molecular weight is 378 g/mol. The van der Waals surface area contributed by atoms with Gasteiger partial charge in [-0.25, -0.2) is 18.1 Å². The molecule has 1 aromatic heterocycles. The van der Waals surface area contributed by atoms with Crippen molar-refractivity contribution in [1.82, 2.24) is 29.9 Å². The van der Waals surface area contributed by atoms with Crippen molar-refractivity contribution in [2.45, 2.75) is 24.3 Å². The van der Waals surface area contributed by atoms with Crippen LogP contribution in [0.2, 0.25) is 0 Å². The van der Waals surface area contributed by atoms with E-state index in [-0.39, 0.29) is 17.0 Å². The third kappa shape index (κ3) is 4.06. The second-order valence-corrected chi connectivity index (χ2v) is 7.67. The monoisotopic (exact) mass is 378 g/mol. The van der Waals surface area contributed by atoms with E-state index in [1.807, 2.05) is 0 Å². The van der Waals surface area contributed by atoms with Crippen LogP contribution in [0.1, 0.15) is 23.2 Å². The van der Waals surface area contributed by atoms with Gasteiger partial charge in [-0.1, -0.05) is 0 Å². The van der Waals surface area contributed by atoms with Gasteiger partial charge in [-0.2, -0.15) is 9.40 Å². The van der Waals surface area contributed by atoms with E-state index in [9.17, 15) is 18.0 Å². The molecule has 1 saturated heterocycles. The lowest BCUT2D eigenvalue weighted by atomic mass is 10.2. The lowest BCUT2D eigenvalue weighted by Gasteiger charge is -2.15. The predicted octanol–water partition coefficient (Wildman–Crippen LogP) is -0.476. The van der Waals surface area contributed by atoms with Crippen molar-refractivity contribution in [3.63, 3.8) is 0 Å². The lowest BCUT2D eigenvalue weighted by Crippen LogP contribution is -2.43. The maximum absolute atomic E-state index is 12.4. The number of carbonyl (C=O) groups excluding carboxylic acids is 2. The zero-order valence-corrected chi connectivity index (χ0v) is 14.6. The van der Waals surface area contributed by atoms with Gasteiger partial charge in [0, 0.05) is 18.7 Å². The summed E-state index contributed by atoms with van der Waals surface area (Å²) in [5.41, 5.74) is 4.75. The lowest BCUT2D eigenvalue weighted by molar-refractivity contribution is -0.122. The van der Waals surface area contributed by atoms with Crippen molar-refractivity contribution in [3.8, 4) is 0 Å². The summed E-state index contributed by atoms with van der Waals surface area (Å²) in [5.74, 6) is -1.03. The molecule has 2 heterocycles. The summed E-state index contributed by atoms with van der Waals surface area (Å²) in [6, 6.07) is 5.59. The fourth-order valence-electron chi connectivity index (χ4n) is 2.56. The van der Waals surface area contributed by atoms with Gasteiger partial charge in [0.1, 0.15) is 19.2 Å². The Morgan fingerprint density at radius 1 is 1.08 bits per heavy atom. The van der Waals surface area contributed by atoms with Crippen LogP contribution >= 0.6 is 0 Å². The topological polar surface area (TPSA) is 126 Å². The molecule has 1 fully saturated rings. The minimum absolute atomic E-state index is 0.0900. The zero-order valence-electron chi connectivity index (χ0n) is 13.8. The van der Waals surface area contributed by atoms with Crippen LogP contribution in [0.3, 0.4) is 0 Å². The van der Waals surface area contributed by atoms with Crippen molar-refractivity contribution in [2.75, 3.05) is 13.1 Å². The minimum Gasteiger partial charge on any atom is -0.271 e. The van der Waals surface area contributed by atoms with Gasteiger partial charge in [0.15, 0.2) is 0 Å². The number of benzene rings is 1. The Balaban J connectivity index is 1.57. The second-order valence-electron chi connectivity index (χ2n) is 5.73. The van der Waals surface area contributed by atoms with Crippen LogP contribution in [0.4, 0.5) is 0 Å². The molecule has 0 radical (unpaired) electrons. The van der Waals surface area contributed by atoms with Crippen molar-refractivity contribution >= 4 is 21.8 Å². The van der Waals surface area contributed by atoms with Crippen molar-refractivity contribution in [2.24, 2.45) is 0 Å². The van der Waals surface area contributed by atoms with E-state index in [1.54, 1.807) is 0 Å². The molecule has 1 aliphatic heterocycles. The number of hydrogen-bond donors (Lipinski definition) is 2. The summed E-state index contributed by atoms with van der Waals surface area (Å²) >= 11 is 0. The molecule has 2 amide bonds. The van der Waals surface area contributed by atoms with E-state index in [0.29, 0.717) is 13.1 Å². The molecular formula is C15H18N6O4S. The number of nitrogens with zero attached hydrogens (tertiary/aromatic N) is 4. The van der Waals surface area contributed by atoms with Crippen LogP contribution in [0, 0.1) is 0 Å². The number of sulfonamides is 1. The van der Waals surface area contributed by atoms with E-state index in [1.165, 1.54) is 45.9 Å². The molecule has 0 atom stereocenters. The number of amides is 2. The Kier molecular flexibility index (Phi) is 5.28. The molecule has 3 rings (SSSR count). The van der Waals surface area contributed by atoms with E-state index in [2.05, 4.69) is 20.9 Å². The smallest absolute Gasteiger partial charge is 0.269 e. The van der Waals surface area contributed by atoms with Crippen LogP contribution in [-0.4, -0.2) is 52.4 Å². The highest BCUT2D eigenvalue weighted by Gasteiger charge is 2.27. The first-order chi connectivity index (χ1) is 12.5. The zero-order chi connectivity index (χ0) is 18.6. The van der Waals surface area contributed by atoms with Crippen LogP contribution in [0.25, 0.3) is 0 Å². The van der Waals surface area contributed by atoms with Gasteiger partial charge in [0.05, 0.1) is 4.90 Å². The molecule has 2 N–H and O–H groups in total. The fourth-order valence-corrected chi connectivity index (χ4v) is 4.07. The molecule has 10 nitrogen and oxygen atoms in total. The molecule has 0 bridgehead atoms. The number of rotatable bonds is 5. The largest absolute Gasteiger partial charge is 0.271 e. The first-order valence-corrected chi connectivity index (χ1v) is 9.42. The van der Waals surface area contributed by atoms with Crippen LogP contribution in [0.5, 0.6) is 0 Å². The summed E-state index contributed by atoms with van der Waals surface area (Å²) in [7, 11) is -3.52. The number of aromatic nitrogens is 3. The Labute approximate surface area is 150 Å². The Morgan fingerprint density at radius 3 is 2.38 bits per heavy atom. The van der Waals surface area contributed by atoms with Gasteiger partial charge >= 0.3 is 0 Å². The number of carbonyl (C=O) groups is 2. The molecule has 2 aromatic rings. The van der Waals surface area contributed by atoms with E-state index in [4.69, 9.17) is 0 Å². The van der Waals surface area contributed by atoms with E-state index < -0.39 is 21.8 Å². The third-order valence-corrected chi connectivity index (χ3v) is 5.82. The minimum atomic E-state index is -3.52. The fraction of sp³-hybridized carbons (Fsp3) is 0.333. The molecule has 1 aromatic carbocycles.